The maximum atomic E-state index is 12.9. The van der Waals surface area contributed by atoms with E-state index < -0.39 is 0 Å². The Morgan fingerprint density at radius 1 is 1.40 bits per heavy atom. The molecule has 1 N–H and O–H groups in total. The molecule has 1 atom stereocenters. The van der Waals surface area contributed by atoms with Gasteiger partial charge in [-0.15, -0.1) is 0 Å². The highest BCUT2D eigenvalue weighted by atomic mass is 16.5. The maximum Gasteiger partial charge on any atom is 0.270 e. The van der Waals surface area contributed by atoms with E-state index in [9.17, 15) is 4.79 Å². The highest BCUT2D eigenvalue weighted by Gasteiger charge is 2.26. The van der Waals surface area contributed by atoms with Crippen LogP contribution in [-0.2, 0) is 0 Å². The minimum absolute atomic E-state index is 0.0546. The first-order valence-electron chi connectivity index (χ1n) is 8.77. The number of aromatic amines is 1. The molecule has 3 heterocycles. The maximum absolute atomic E-state index is 12.9. The zero-order valence-corrected chi connectivity index (χ0v) is 14.3. The fourth-order valence-electron chi connectivity index (χ4n) is 3.52. The quantitative estimate of drug-likeness (QED) is 0.794. The number of nitrogens with zero attached hydrogens (tertiary/aromatic N) is 3. The minimum atomic E-state index is 0.0546. The van der Waals surface area contributed by atoms with Gasteiger partial charge in [-0.1, -0.05) is 0 Å². The molecule has 0 radical (unpaired) electrons. The monoisotopic (exact) mass is 338 g/mol. The van der Waals surface area contributed by atoms with Crippen molar-refractivity contribution < 1.29 is 9.53 Å². The number of imidazole rings is 1. The third kappa shape index (κ3) is 3.12. The van der Waals surface area contributed by atoms with E-state index in [2.05, 4.69) is 14.5 Å². The lowest BCUT2D eigenvalue weighted by Crippen LogP contribution is -2.40. The van der Waals surface area contributed by atoms with Crippen molar-refractivity contribution >= 4 is 16.8 Å². The number of benzene rings is 1. The van der Waals surface area contributed by atoms with E-state index in [1.165, 1.54) is 0 Å². The summed E-state index contributed by atoms with van der Waals surface area (Å²) in [6.07, 6.45) is 7.66. The summed E-state index contributed by atoms with van der Waals surface area (Å²) in [7, 11) is 0. The van der Waals surface area contributed by atoms with Crippen molar-refractivity contribution in [1.82, 2.24) is 19.4 Å². The van der Waals surface area contributed by atoms with E-state index in [0.29, 0.717) is 18.3 Å². The third-order valence-electron chi connectivity index (χ3n) is 4.77. The van der Waals surface area contributed by atoms with Gasteiger partial charge in [0.2, 0.25) is 0 Å². The highest BCUT2D eigenvalue weighted by molar-refractivity contribution is 5.98. The number of hydrogen-bond donors (Lipinski definition) is 1. The Kier molecular flexibility index (Phi) is 4.17. The molecule has 1 aliphatic heterocycles. The molecular weight excluding hydrogens is 316 g/mol. The van der Waals surface area contributed by atoms with Crippen LogP contribution in [0.15, 0.2) is 43.0 Å². The lowest BCUT2D eigenvalue weighted by Gasteiger charge is -2.33. The van der Waals surface area contributed by atoms with Gasteiger partial charge in [-0.3, -0.25) is 4.79 Å². The summed E-state index contributed by atoms with van der Waals surface area (Å²) < 4.78 is 7.63. The Bertz CT molecular complexity index is 869. The molecule has 0 spiro atoms. The normalized spacial score (nSPS) is 17.8. The minimum Gasteiger partial charge on any atom is -0.494 e. The Hall–Kier alpha value is -2.76. The number of nitrogens with one attached hydrogen (secondary N) is 1. The second kappa shape index (κ2) is 6.63. The summed E-state index contributed by atoms with van der Waals surface area (Å²) in [5.74, 6) is 0.868. The number of aromatic nitrogens is 3. The van der Waals surface area contributed by atoms with Gasteiger partial charge in [-0.2, -0.15) is 0 Å². The van der Waals surface area contributed by atoms with Crippen molar-refractivity contribution in [2.75, 3.05) is 19.7 Å². The molecule has 0 saturated carbocycles. The van der Waals surface area contributed by atoms with Gasteiger partial charge in [0.1, 0.15) is 11.4 Å². The smallest absolute Gasteiger partial charge is 0.270 e. The number of H-pyrrole nitrogens is 1. The Morgan fingerprint density at radius 2 is 2.32 bits per heavy atom. The van der Waals surface area contributed by atoms with Gasteiger partial charge in [-0.25, -0.2) is 4.98 Å². The van der Waals surface area contributed by atoms with Gasteiger partial charge in [0, 0.05) is 42.5 Å². The summed E-state index contributed by atoms with van der Waals surface area (Å²) in [6, 6.07) is 8.09. The van der Waals surface area contributed by atoms with Gasteiger partial charge in [0.05, 0.1) is 19.0 Å². The number of amides is 1. The van der Waals surface area contributed by atoms with Crippen LogP contribution < -0.4 is 4.74 Å². The number of carbonyl (C=O) groups is 1. The van der Waals surface area contributed by atoms with Crippen molar-refractivity contribution in [3.8, 4) is 5.75 Å². The molecule has 0 aliphatic carbocycles. The fraction of sp³-hybridized carbons (Fsp3) is 0.368. The molecule has 4 rings (SSSR count). The summed E-state index contributed by atoms with van der Waals surface area (Å²) in [6.45, 7) is 4.10. The zero-order valence-electron chi connectivity index (χ0n) is 14.3. The second-order valence-corrected chi connectivity index (χ2v) is 6.42. The van der Waals surface area contributed by atoms with Crippen LogP contribution in [0.3, 0.4) is 0 Å². The number of fused-ring (bicyclic) bond motifs is 1. The van der Waals surface area contributed by atoms with Gasteiger partial charge in [0.15, 0.2) is 0 Å². The topological polar surface area (TPSA) is 63.1 Å². The van der Waals surface area contributed by atoms with Gasteiger partial charge in [-0.05, 0) is 38.0 Å². The number of piperidine rings is 1. The van der Waals surface area contributed by atoms with Crippen LogP contribution in [0.25, 0.3) is 10.9 Å². The number of hydrogen-bond acceptors (Lipinski definition) is 3. The van der Waals surface area contributed by atoms with Crippen molar-refractivity contribution in [3.63, 3.8) is 0 Å². The predicted molar refractivity (Wildman–Crippen MR) is 95.9 cm³/mol. The lowest BCUT2D eigenvalue weighted by molar-refractivity contribution is 0.0674. The molecule has 1 aromatic carbocycles. The van der Waals surface area contributed by atoms with Gasteiger partial charge in [0.25, 0.3) is 5.91 Å². The molecule has 130 valence electrons. The molecule has 1 saturated heterocycles. The molecular formula is C19H22N4O2. The Balaban J connectivity index is 1.54. The molecule has 1 fully saturated rings. The van der Waals surface area contributed by atoms with E-state index in [1.54, 1.807) is 6.20 Å². The number of rotatable bonds is 4. The Morgan fingerprint density at radius 3 is 3.12 bits per heavy atom. The van der Waals surface area contributed by atoms with Crippen molar-refractivity contribution in [2.24, 2.45) is 0 Å². The average Bonchev–Trinajstić information content (AvgIpc) is 3.31. The first kappa shape index (κ1) is 15.7. The summed E-state index contributed by atoms with van der Waals surface area (Å²) in [5, 5.41) is 1.02. The SMILES string of the molecule is CCOc1ccc2cc(C(=O)N3CCC[C@H](n4ccnc4)C3)[nH]c2c1. The van der Waals surface area contributed by atoms with Crippen LogP contribution in [0, 0.1) is 0 Å². The molecule has 6 heteroatoms. The Labute approximate surface area is 146 Å². The van der Waals surface area contributed by atoms with E-state index in [4.69, 9.17) is 4.74 Å². The molecule has 2 aromatic heterocycles. The molecule has 0 bridgehead atoms. The van der Waals surface area contributed by atoms with E-state index in [1.807, 2.05) is 48.6 Å². The van der Waals surface area contributed by atoms with Crippen LogP contribution in [0.2, 0.25) is 0 Å². The number of likely N-dealkylation sites (tertiary alicyclic amines) is 1. The summed E-state index contributed by atoms with van der Waals surface area (Å²) >= 11 is 0. The fourth-order valence-corrected chi connectivity index (χ4v) is 3.52. The molecule has 25 heavy (non-hydrogen) atoms. The first-order valence-corrected chi connectivity index (χ1v) is 8.77. The zero-order chi connectivity index (χ0) is 17.2. The van der Waals surface area contributed by atoms with Crippen molar-refractivity contribution in [1.29, 1.82) is 0 Å². The average molecular weight is 338 g/mol. The van der Waals surface area contributed by atoms with Crippen LogP contribution in [-0.4, -0.2) is 45.0 Å². The predicted octanol–water partition coefficient (Wildman–Crippen LogP) is 3.24. The van der Waals surface area contributed by atoms with Gasteiger partial charge < -0.3 is 19.2 Å². The molecule has 3 aromatic rings. The van der Waals surface area contributed by atoms with E-state index in [0.717, 1.165) is 42.6 Å². The van der Waals surface area contributed by atoms with E-state index >= 15 is 0 Å². The lowest BCUT2D eigenvalue weighted by atomic mass is 10.1. The van der Waals surface area contributed by atoms with Crippen LogP contribution in [0.1, 0.15) is 36.3 Å². The number of carbonyl (C=O) groups excluding carboxylic acids is 1. The van der Waals surface area contributed by atoms with Crippen molar-refractivity contribution in [3.05, 3.63) is 48.7 Å². The summed E-state index contributed by atoms with van der Waals surface area (Å²) in [5.41, 5.74) is 1.56. The standard InChI is InChI=1S/C19H22N4O2/c1-2-25-16-6-5-14-10-18(21-17(14)11-16)19(24)22-8-3-4-15(12-22)23-9-7-20-13-23/h5-7,9-11,13,15,21H,2-4,8,12H2,1H3/t15-/m0/s1. The first-order chi connectivity index (χ1) is 12.2. The second-order valence-electron chi connectivity index (χ2n) is 6.42. The molecule has 6 nitrogen and oxygen atoms in total. The van der Waals surface area contributed by atoms with E-state index in [-0.39, 0.29) is 5.91 Å². The number of ether oxygens (including phenoxy) is 1. The third-order valence-corrected chi connectivity index (χ3v) is 4.77. The molecule has 1 aliphatic rings. The highest BCUT2D eigenvalue weighted by Crippen LogP contribution is 2.25. The van der Waals surface area contributed by atoms with Crippen LogP contribution >= 0.6 is 0 Å². The van der Waals surface area contributed by atoms with Gasteiger partial charge >= 0.3 is 0 Å². The van der Waals surface area contributed by atoms with Crippen molar-refractivity contribution in [2.45, 2.75) is 25.8 Å². The summed E-state index contributed by atoms with van der Waals surface area (Å²) in [4.78, 5) is 22.2. The molecule has 0 unspecified atom stereocenters. The largest absolute Gasteiger partial charge is 0.494 e. The molecule has 1 amide bonds. The van der Waals surface area contributed by atoms with Crippen LogP contribution in [0.5, 0.6) is 5.75 Å². The van der Waals surface area contributed by atoms with Crippen LogP contribution in [0.4, 0.5) is 0 Å².